The molecule has 0 bridgehead atoms. The van der Waals surface area contributed by atoms with Gasteiger partial charge in [0.15, 0.2) is 0 Å². The molecule has 37 heavy (non-hydrogen) atoms. The van der Waals surface area contributed by atoms with E-state index in [4.69, 9.17) is 5.73 Å². The average Bonchev–Trinajstić information content (AvgIpc) is 2.97. The summed E-state index contributed by atoms with van der Waals surface area (Å²) in [7, 11) is 0. The van der Waals surface area contributed by atoms with Gasteiger partial charge in [-0.3, -0.25) is 0 Å². The van der Waals surface area contributed by atoms with Crippen molar-refractivity contribution in [1.29, 1.82) is 0 Å². The van der Waals surface area contributed by atoms with Crippen LogP contribution >= 0.6 is 0 Å². The van der Waals surface area contributed by atoms with Gasteiger partial charge in [0.25, 0.3) is 0 Å². The Hall–Kier alpha value is -4.62. The fraction of sp³-hybridized carbons (Fsp3) is 0.0556. The van der Waals surface area contributed by atoms with Gasteiger partial charge in [-0.05, 0) is 63.4 Å². The number of nitrogens with two attached hydrogens (primary N) is 1. The third-order valence-corrected chi connectivity index (χ3v) is 6.52. The highest BCUT2D eigenvalue weighted by molar-refractivity contribution is 5.83. The van der Waals surface area contributed by atoms with Crippen molar-refractivity contribution >= 4 is 11.3 Å². The molecule has 5 aromatic carbocycles. The molecule has 0 heterocycles. The van der Waals surface area contributed by atoms with E-state index in [-0.39, 0.29) is 0 Å². The van der Waals surface area contributed by atoms with Crippen LogP contribution in [-0.2, 0) is 12.8 Å². The zero-order chi connectivity index (χ0) is 25.3. The van der Waals surface area contributed by atoms with Crippen LogP contribution in [0.15, 0.2) is 152 Å². The first-order valence-electron chi connectivity index (χ1n) is 12.7. The Morgan fingerprint density at radius 2 is 1.03 bits per heavy atom. The maximum Gasteiger partial charge on any atom is 0.0393 e. The quantitative estimate of drug-likeness (QED) is 0.223. The first kappa shape index (κ1) is 24.1. The van der Waals surface area contributed by atoms with E-state index < -0.39 is 0 Å². The third-order valence-electron chi connectivity index (χ3n) is 6.52. The molecule has 180 valence electrons. The lowest BCUT2D eigenvalue weighted by molar-refractivity contribution is 1.19. The number of hydrogen-bond donors (Lipinski definition) is 1. The van der Waals surface area contributed by atoms with E-state index in [0.29, 0.717) is 0 Å². The summed E-state index contributed by atoms with van der Waals surface area (Å²) in [4.78, 5) is 0. The van der Waals surface area contributed by atoms with Crippen molar-refractivity contribution in [3.63, 3.8) is 0 Å². The molecule has 0 radical (unpaired) electrons. The van der Waals surface area contributed by atoms with Crippen molar-refractivity contribution in [3.8, 4) is 11.1 Å². The molecule has 5 rings (SSSR count). The molecule has 0 aliphatic heterocycles. The maximum absolute atomic E-state index is 6.49. The summed E-state index contributed by atoms with van der Waals surface area (Å²) in [6, 6.07) is 48.9. The van der Waals surface area contributed by atoms with Crippen molar-refractivity contribution < 1.29 is 0 Å². The zero-order valence-corrected chi connectivity index (χ0v) is 20.9. The topological polar surface area (TPSA) is 26.0 Å². The molecular weight excluding hydrogens is 446 g/mol. The van der Waals surface area contributed by atoms with Crippen molar-refractivity contribution in [2.75, 3.05) is 0 Å². The molecule has 0 aromatic heterocycles. The Morgan fingerprint density at radius 3 is 1.68 bits per heavy atom. The molecule has 0 atom stereocenters. The highest BCUT2D eigenvalue weighted by atomic mass is 14.6. The van der Waals surface area contributed by atoms with Crippen LogP contribution in [0.4, 0.5) is 0 Å². The second kappa shape index (κ2) is 11.9. The van der Waals surface area contributed by atoms with E-state index in [2.05, 4.69) is 115 Å². The van der Waals surface area contributed by atoms with E-state index in [1.54, 1.807) is 0 Å². The van der Waals surface area contributed by atoms with Gasteiger partial charge in [-0.15, -0.1) is 0 Å². The fourth-order valence-electron chi connectivity index (χ4n) is 4.57. The molecule has 2 N–H and O–H groups in total. The standard InChI is InChI=1S/C36H31N/c37-36(32-18-8-3-9-19-32)27-35(31-16-6-2-7-17-31)23-22-29-14-10-20-33(25-29)34-21-11-15-30(26-34)24-28-12-4-1-5-13-28/h1-21,23,25-27H,22,24,37H2/b35-23+,36-27-. The summed E-state index contributed by atoms with van der Waals surface area (Å²) in [5.41, 5.74) is 17.0. The lowest BCUT2D eigenvalue weighted by Gasteiger charge is -2.09. The SMILES string of the molecule is N/C(=C\C(=C/Cc1cccc(-c2cccc(Cc3ccccc3)c2)c1)c1ccccc1)c1ccccc1. The van der Waals surface area contributed by atoms with E-state index in [9.17, 15) is 0 Å². The van der Waals surface area contributed by atoms with Gasteiger partial charge in [-0.25, -0.2) is 0 Å². The largest absolute Gasteiger partial charge is 0.398 e. The molecule has 0 saturated heterocycles. The average molecular weight is 478 g/mol. The predicted molar refractivity (Wildman–Crippen MR) is 158 cm³/mol. The second-order valence-corrected chi connectivity index (χ2v) is 9.26. The van der Waals surface area contributed by atoms with Gasteiger partial charge in [-0.2, -0.15) is 0 Å². The second-order valence-electron chi connectivity index (χ2n) is 9.26. The molecular formula is C36H31N. The van der Waals surface area contributed by atoms with Crippen LogP contribution in [0.2, 0.25) is 0 Å². The molecule has 0 spiro atoms. The Kier molecular flexibility index (Phi) is 7.73. The number of allylic oxidation sites excluding steroid dienone is 3. The Bertz CT molecular complexity index is 1500. The minimum absolute atomic E-state index is 0.764. The first-order chi connectivity index (χ1) is 18.2. The number of benzene rings is 5. The summed E-state index contributed by atoms with van der Waals surface area (Å²) < 4.78 is 0. The van der Waals surface area contributed by atoms with Gasteiger partial charge in [0.1, 0.15) is 0 Å². The molecule has 0 unspecified atom stereocenters. The minimum Gasteiger partial charge on any atom is -0.398 e. The molecule has 0 aliphatic carbocycles. The van der Waals surface area contributed by atoms with E-state index in [1.807, 2.05) is 36.4 Å². The Morgan fingerprint density at radius 1 is 0.514 bits per heavy atom. The van der Waals surface area contributed by atoms with Gasteiger partial charge < -0.3 is 5.73 Å². The van der Waals surface area contributed by atoms with Crippen LogP contribution in [0, 0.1) is 0 Å². The summed E-state index contributed by atoms with van der Waals surface area (Å²) >= 11 is 0. The van der Waals surface area contributed by atoms with Gasteiger partial charge in [0.05, 0.1) is 0 Å². The minimum atomic E-state index is 0.764. The van der Waals surface area contributed by atoms with Crippen LogP contribution < -0.4 is 5.73 Å². The maximum atomic E-state index is 6.49. The lowest BCUT2D eigenvalue weighted by atomic mass is 9.96. The van der Waals surface area contributed by atoms with Crippen molar-refractivity contribution in [2.24, 2.45) is 5.73 Å². The lowest BCUT2D eigenvalue weighted by Crippen LogP contribution is -1.97. The summed E-state index contributed by atoms with van der Waals surface area (Å²) in [5, 5.41) is 0. The van der Waals surface area contributed by atoms with Crippen LogP contribution in [0.5, 0.6) is 0 Å². The van der Waals surface area contributed by atoms with E-state index in [1.165, 1.54) is 27.8 Å². The summed E-state index contributed by atoms with van der Waals surface area (Å²) in [6.45, 7) is 0. The third kappa shape index (κ3) is 6.54. The van der Waals surface area contributed by atoms with Crippen molar-refractivity contribution in [2.45, 2.75) is 12.8 Å². The molecule has 5 aromatic rings. The van der Waals surface area contributed by atoms with Crippen LogP contribution in [0.1, 0.15) is 27.8 Å². The summed E-state index contributed by atoms with van der Waals surface area (Å²) in [5.74, 6) is 0. The van der Waals surface area contributed by atoms with Gasteiger partial charge in [-0.1, -0.05) is 146 Å². The smallest absolute Gasteiger partial charge is 0.0393 e. The van der Waals surface area contributed by atoms with Crippen LogP contribution in [0.25, 0.3) is 22.4 Å². The first-order valence-corrected chi connectivity index (χ1v) is 12.7. The number of rotatable bonds is 8. The predicted octanol–water partition coefficient (Wildman–Crippen LogP) is 8.57. The molecule has 0 fully saturated rings. The van der Waals surface area contributed by atoms with Crippen LogP contribution in [-0.4, -0.2) is 0 Å². The van der Waals surface area contributed by atoms with Gasteiger partial charge in [0, 0.05) is 5.70 Å². The summed E-state index contributed by atoms with van der Waals surface area (Å²) in [6.07, 6.45) is 6.12. The molecule has 1 nitrogen and oxygen atoms in total. The van der Waals surface area contributed by atoms with Crippen molar-refractivity contribution in [3.05, 3.63) is 179 Å². The highest BCUT2D eigenvalue weighted by Gasteiger charge is 2.05. The fourth-order valence-corrected chi connectivity index (χ4v) is 4.57. The van der Waals surface area contributed by atoms with Crippen molar-refractivity contribution in [1.82, 2.24) is 0 Å². The molecule has 0 aliphatic rings. The van der Waals surface area contributed by atoms with E-state index >= 15 is 0 Å². The highest BCUT2D eigenvalue weighted by Crippen LogP contribution is 2.25. The Balaban J connectivity index is 1.40. The molecule has 0 saturated carbocycles. The van der Waals surface area contributed by atoms with Gasteiger partial charge in [0.2, 0.25) is 0 Å². The van der Waals surface area contributed by atoms with Crippen LogP contribution in [0.3, 0.4) is 0 Å². The zero-order valence-electron chi connectivity index (χ0n) is 20.9. The monoisotopic (exact) mass is 477 g/mol. The Labute approximate surface area is 220 Å². The molecule has 0 amide bonds. The van der Waals surface area contributed by atoms with Gasteiger partial charge >= 0.3 is 0 Å². The van der Waals surface area contributed by atoms with E-state index in [0.717, 1.165) is 35.2 Å². The number of hydrogen-bond acceptors (Lipinski definition) is 1. The normalized spacial score (nSPS) is 11.9. The molecule has 1 heteroatoms.